The fraction of sp³-hybridized carbons (Fsp3) is 0.143. The van der Waals surface area contributed by atoms with Gasteiger partial charge in [-0.2, -0.15) is 0 Å². The van der Waals surface area contributed by atoms with Gasteiger partial charge < -0.3 is 5.73 Å². The van der Waals surface area contributed by atoms with Crippen molar-refractivity contribution in [3.63, 3.8) is 0 Å². The van der Waals surface area contributed by atoms with Gasteiger partial charge in [0.2, 0.25) is 0 Å². The molecule has 0 unspecified atom stereocenters. The summed E-state index contributed by atoms with van der Waals surface area (Å²) in [6.45, 7) is 0. The zero-order chi connectivity index (χ0) is 10.9. The summed E-state index contributed by atoms with van der Waals surface area (Å²) >= 11 is 2.65. The smallest absolute Gasteiger partial charge is 0.268 e. The summed E-state index contributed by atoms with van der Waals surface area (Å²) in [5.74, 6) is -2.18. The summed E-state index contributed by atoms with van der Waals surface area (Å²) in [6, 6.07) is 0. The van der Waals surface area contributed by atoms with E-state index in [1.54, 1.807) is 0 Å². The van der Waals surface area contributed by atoms with Gasteiger partial charge in [0.25, 0.3) is 12.3 Å². The molecule has 0 fully saturated rings. The monoisotopic (exact) mass is 268 g/mol. The number of hydrogen-bond donors (Lipinski definition) is 1. The van der Waals surface area contributed by atoms with Crippen LogP contribution in [-0.4, -0.2) is 10.9 Å². The van der Waals surface area contributed by atoms with Crippen molar-refractivity contribution >= 4 is 21.8 Å². The molecule has 7 heteroatoms. The Labute approximate surface area is 85.2 Å². The molecule has 0 saturated carbocycles. The molecule has 2 N–H and O–H groups in total. The van der Waals surface area contributed by atoms with Crippen LogP contribution in [0.15, 0.2) is 10.7 Å². The highest BCUT2D eigenvalue weighted by Gasteiger charge is 2.22. The Bertz CT molecular complexity index is 383. The highest BCUT2D eigenvalue weighted by molar-refractivity contribution is 9.10. The Morgan fingerprint density at radius 2 is 2.14 bits per heavy atom. The lowest BCUT2D eigenvalue weighted by molar-refractivity contribution is 0.0993. The fourth-order valence-corrected chi connectivity index (χ4v) is 1.51. The summed E-state index contributed by atoms with van der Waals surface area (Å²) in [7, 11) is 0. The van der Waals surface area contributed by atoms with Gasteiger partial charge in [0, 0.05) is 0 Å². The van der Waals surface area contributed by atoms with Crippen LogP contribution in [0.4, 0.5) is 13.2 Å². The second-order valence-corrected chi connectivity index (χ2v) is 3.14. The van der Waals surface area contributed by atoms with Crippen molar-refractivity contribution in [1.82, 2.24) is 4.98 Å². The molecule has 0 aromatic carbocycles. The SMILES string of the molecule is NC(=O)c1ncc(F)c(C(F)F)c1Br. The number of halogens is 4. The van der Waals surface area contributed by atoms with E-state index in [0.717, 1.165) is 0 Å². The number of carbonyl (C=O) groups is 1. The molecule has 0 atom stereocenters. The van der Waals surface area contributed by atoms with E-state index in [1.165, 1.54) is 0 Å². The van der Waals surface area contributed by atoms with Crippen LogP contribution in [0.5, 0.6) is 0 Å². The van der Waals surface area contributed by atoms with Crippen LogP contribution in [0.3, 0.4) is 0 Å². The molecule has 0 aliphatic heterocycles. The third-order valence-corrected chi connectivity index (χ3v) is 2.26. The number of aromatic nitrogens is 1. The third kappa shape index (κ3) is 1.87. The molecule has 0 spiro atoms. The van der Waals surface area contributed by atoms with Crippen molar-refractivity contribution in [2.24, 2.45) is 5.73 Å². The van der Waals surface area contributed by atoms with E-state index in [0.29, 0.717) is 6.20 Å². The Kier molecular flexibility index (Phi) is 3.10. The highest BCUT2D eigenvalue weighted by atomic mass is 79.9. The zero-order valence-electron chi connectivity index (χ0n) is 6.60. The molecule has 1 heterocycles. The van der Waals surface area contributed by atoms with Crippen LogP contribution in [0.25, 0.3) is 0 Å². The number of hydrogen-bond acceptors (Lipinski definition) is 2. The van der Waals surface area contributed by atoms with Crippen LogP contribution in [-0.2, 0) is 0 Å². The van der Waals surface area contributed by atoms with Crippen molar-refractivity contribution in [2.45, 2.75) is 6.43 Å². The van der Waals surface area contributed by atoms with Crippen molar-refractivity contribution in [1.29, 1.82) is 0 Å². The van der Waals surface area contributed by atoms with Crippen LogP contribution in [0, 0.1) is 5.82 Å². The summed E-state index contributed by atoms with van der Waals surface area (Å²) in [5.41, 5.74) is 3.51. The van der Waals surface area contributed by atoms with Gasteiger partial charge >= 0.3 is 0 Å². The number of primary amides is 1. The maximum atomic E-state index is 12.8. The lowest BCUT2D eigenvalue weighted by atomic mass is 10.2. The number of carbonyl (C=O) groups excluding carboxylic acids is 1. The molecule has 0 radical (unpaired) electrons. The topological polar surface area (TPSA) is 56.0 Å². The first-order valence-corrected chi connectivity index (χ1v) is 4.16. The lowest BCUT2D eigenvalue weighted by Gasteiger charge is -2.06. The minimum Gasteiger partial charge on any atom is -0.364 e. The van der Waals surface area contributed by atoms with Gasteiger partial charge in [0.1, 0.15) is 5.69 Å². The molecule has 0 bridgehead atoms. The van der Waals surface area contributed by atoms with Crippen molar-refractivity contribution < 1.29 is 18.0 Å². The highest BCUT2D eigenvalue weighted by Crippen LogP contribution is 2.31. The van der Waals surface area contributed by atoms with Crippen molar-refractivity contribution in [2.75, 3.05) is 0 Å². The van der Waals surface area contributed by atoms with E-state index < -0.39 is 33.9 Å². The number of nitrogens with zero attached hydrogens (tertiary/aromatic N) is 1. The standard InChI is InChI=1S/C7H4BrF3N2O/c8-4-3(6(10)11)2(9)1-13-5(4)7(12)14/h1,6H,(H2,12,14). The van der Waals surface area contributed by atoms with E-state index in [-0.39, 0.29) is 0 Å². The summed E-state index contributed by atoms with van der Waals surface area (Å²) in [5, 5.41) is 0. The van der Waals surface area contributed by atoms with E-state index in [1.807, 2.05) is 0 Å². The Morgan fingerprint density at radius 1 is 1.57 bits per heavy atom. The van der Waals surface area contributed by atoms with E-state index in [9.17, 15) is 18.0 Å². The minimum atomic E-state index is -3.04. The Hall–Kier alpha value is -1.11. The summed E-state index contributed by atoms with van der Waals surface area (Å²) < 4.78 is 37.0. The normalized spacial score (nSPS) is 10.6. The molecule has 1 aromatic rings. The van der Waals surface area contributed by atoms with Crippen molar-refractivity contribution in [3.05, 3.63) is 27.7 Å². The molecule has 3 nitrogen and oxygen atoms in total. The van der Waals surface area contributed by atoms with Gasteiger partial charge in [0.05, 0.1) is 16.2 Å². The molecule has 14 heavy (non-hydrogen) atoms. The second-order valence-electron chi connectivity index (χ2n) is 2.35. The van der Waals surface area contributed by atoms with Gasteiger partial charge in [0.15, 0.2) is 5.82 Å². The van der Waals surface area contributed by atoms with E-state index in [2.05, 4.69) is 20.9 Å². The molecular weight excluding hydrogens is 265 g/mol. The van der Waals surface area contributed by atoms with Gasteiger partial charge in [-0.1, -0.05) is 0 Å². The number of nitrogens with two attached hydrogens (primary N) is 1. The molecule has 0 saturated heterocycles. The average molecular weight is 269 g/mol. The Morgan fingerprint density at radius 3 is 2.57 bits per heavy atom. The predicted molar refractivity (Wildman–Crippen MR) is 45.4 cm³/mol. The molecule has 0 aliphatic rings. The van der Waals surface area contributed by atoms with Gasteiger partial charge in [-0.3, -0.25) is 4.79 Å². The van der Waals surface area contributed by atoms with Gasteiger partial charge in [-0.05, 0) is 15.9 Å². The van der Waals surface area contributed by atoms with Gasteiger partial charge in [-0.25, -0.2) is 18.2 Å². The first-order valence-electron chi connectivity index (χ1n) is 3.37. The maximum Gasteiger partial charge on any atom is 0.268 e. The van der Waals surface area contributed by atoms with E-state index in [4.69, 9.17) is 5.73 Å². The van der Waals surface area contributed by atoms with Crippen LogP contribution in [0.1, 0.15) is 22.5 Å². The summed E-state index contributed by atoms with van der Waals surface area (Å²) in [4.78, 5) is 14.0. The first-order chi connectivity index (χ1) is 6.45. The van der Waals surface area contributed by atoms with Crippen LogP contribution < -0.4 is 5.73 Å². The molecule has 1 aromatic heterocycles. The molecular formula is C7H4BrF3N2O. The first kappa shape index (κ1) is 11.0. The molecule has 1 rings (SSSR count). The minimum absolute atomic E-state index is 0.403. The molecule has 1 amide bonds. The zero-order valence-corrected chi connectivity index (χ0v) is 8.19. The molecule has 0 aliphatic carbocycles. The summed E-state index contributed by atoms with van der Waals surface area (Å²) in [6.07, 6.45) is -2.50. The predicted octanol–water partition coefficient (Wildman–Crippen LogP) is 2.02. The Balaban J connectivity index is 3.41. The number of pyridine rings is 1. The lowest BCUT2D eigenvalue weighted by Crippen LogP contribution is -2.15. The fourth-order valence-electron chi connectivity index (χ4n) is 0.852. The van der Waals surface area contributed by atoms with Crippen LogP contribution in [0.2, 0.25) is 0 Å². The number of alkyl halides is 2. The quantitative estimate of drug-likeness (QED) is 0.892. The largest absolute Gasteiger partial charge is 0.364 e. The van der Waals surface area contributed by atoms with Crippen LogP contribution >= 0.6 is 15.9 Å². The maximum absolute atomic E-state index is 12.8. The third-order valence-electron chi connectivity index (χ3n) is 1.46. The van der Waals surface area contributed by atoms with E-state index >= 15 is 0 Å². The number of amides is 1. The van der Waals surface area contributed by atoms with Gasteiger partial charge in [-0.15, -0.1) is 0 Å². The second kappa shape index (κ2) is 3.95. The molecule has 76 valence electrons. The van der Waals surface area contributed by atoms with Crippen molar-refractivity contribution in [3.8, 4) is 0 Å². The average Bonchev–Trinajstić information content (AvgIpc) is 2.02. The number of rotatable bonds is 2.